The van der Waals surface area contributed by atoms with Crippen molar-refractivity contribution in [3.05, 3.63) is 119 Å². The van der Waals surface area contributed by atoms with Crippen molar-refractivity contribution in [3.63, 3.8) is 0 Å². The summed E-state index contributed by atoms with van der Waals surface area (Å²) in [7, 11) is 1.57. The molecule has 1 fully saturated rings. The minimum atomic E-state index is -0.615. The van der Waals surface area contributed by atoms with Crippen molar-refractivity contribution >= 4 is 28.5 Å². The highest BCUT2D eigenvalue weighted by Crippen LogP contribution is 2.32. The minimum Gasteiger partial charge on any atom is -0.360 e. The van der Waals surface area contributed by atoms with Crippen LogP contribution in [0.15, 0.2) is 91.6 Å². The van der Waals surface area contributed by atoms with Gasteiger partial charge in [-0.05, 0) is 42.7 Å². The molecule has 1 unspecified atom stereocenters. The predicted octanol–water partition coefficient (Wildman–Crippen LogP) is 5.24. The zero-order valence-corrected chi connectivity index (χ0v) is 23.8. The van der Waals surface area contributed by atoms with Crippen molar-refractivity contribution in [3.8, 4) is 0 Å². The number of aromatic amines is 1. The SMILES string of the molecule is C=CCN(C)C(=O)C(=O)c1c[nH]c2cc(C)c(C(=O)N3CCN(C(c4ccccc4)c4ccccc4)CC3C)cc12. The molecule has 7 nitrogen and oxygen atoms in total. The number of H-pyrrole nitrogens is 1. The second-order valence-electron chi connectivity index (χ2n) is 10.8. The molecule has 3 aromatic carbocycles. The number of aryl methyl sites for hydroxylation is 1. The first-order valence-electron chi connectivity index (χ1n) is 14.0. The lowest BCUT2D eigenvalue weighted by Crippen LogP contribution is -2.54. The molecule has 1 atom stereocenters. The van der Waals surface area contributed by atoms with Gasteiger partial charge in [0.2, 0.25) is 0 Å². The van der Waals surface area contributed by atoms with Gasteiger partial charge in [-0.1, -0.05) is 66.7 Å². The molecule has 1 N–H and O–H groups in total. The average molecular weight is 549 g/mol. The number of piperazine rings is 1. The highest BCUT2D eigenvalue weighted by molar-refractivity contribution is 6.44. The van der Waals surface area contributed by atoms with Gasteiger partial charge in [-0.15, -0.1) is 6.58 Å². The molecule has 210 valence electrons. The molecular weight excluding hydrogens is 512 g/mol. The average Bonchev–Trinajstić information content (AvgIpc) is 3.39. The van der Waals surface area contributed by atoms with E-state index in [0.717, 1.165) is 18.7 Å². The molecule has 0 spiro atoms. The smallest absolute Gasteiger partial charge is 0.295 e. The summed E-state index contributed by atoms with van der Waals surface area (Å²) in [4.78, 5) is 48.5. The molecule has 4 aromatic rings. The Kier molecular flexibility index (Phi) is 8.17. The second-order valence-corrected chi connectivity index (χ2v) is 10.8. The fourth-order valence-corrected chi connectivity index (χ4v) is 5.82. The first-order valence-corrected chi connectivity index (χ1v) is 14.0. The topological polar surface area (TPSA) is 76.7 Å². The van der Waals surface area contributed by atoms with E-state index in [1.807, 2.05) is 30.0 Å². The lowest BCUT2D eigenvalue weighted by molar-refractivity contribution is -0.124. The molecule has 41 heavy (non-hydrogen) atoms. The number of hydrogen-bond acceptors (Lipinski definition) is 4. The van der Waals surface area contributed by atoms with Crippen molar-refractivity contribution in [2.45, 2.75) is 25.9 Å². The van der Waals surface area contributed by atoms with Crippen LogP contribution in [0.3, 0.4) is 0 Å². The quantitative estimate of drug-likeness (QED) is 0.186. The van der Waals surface area contributed by atoms with Crippen molar-refractivity contribution in [2.75, 3.05) is 33.2 Å². The minimum absolute atomic E-state index is 0.0253. The molecular formula is C34H36N4O3. The Hall–Kier alpha value is -4.49. The summed E-state index contributed by atoms with van der Waals surface area (Å²) in [6.07, 6.45) is 3.12. The summed E-state index contributed by atoms with van der Waals surface area (Å²) < 4.78 is 0. The standard InChI is InChI=1S/C34H36N4O3/c1-5-16-36(4)34(41)32(39)29-21-35-30-19-23(2)27(20-28(29)30)33(40)38-18-17-37(22-24(38)3)31(25-12-8-6-9-13-25)26-14-10-7-11-15-26/h5-15,19-21,24,31,35H,1,16-18,22H2,2-4H3. The molecule has 0 bridgehead atoms. The summed E-state index contributed by atoms with van der Waals surface area (Å²) in [6, 6.07) is 24.7. The van der Waals surface area contributed by atoms with Gasteiger partial charge in [0.05, 0.1) is 11.6 Å². The van der Waals surface area contributed by atoms with E-state index in [-0.39, 0.29) is 30.1 Å². The predicted molar refractivity (Wildman–Crippen MR) is 162 cm³/mol. The van der Waals surface area contributed by atoms with Gasteiger partial charge >= 0.3 is 0 Å². The van der Waals surface area contributed by atoms with Crippen LogP contribution in [0.4, 0.5) is 0 Å². The third-order valence-corrected chi connectivity index (χ3v) is 7.96. The Balaban J connectivity index is 1.40. The fraction of sp³-hybridized carbons (Fsp3) is 0.265. The third kappa shape index (κ3) is 5.58. The Morgan fingerprint density at radius 2 is 1.63 bits per heavy atom. The summed E-state index contributed by atoms with van der Waals surface area (Å²) in [6.45, 7) is 9.93. The molecule has 2 heterocycles. The van der Waals surface area contributed by atoms with Gasteiger partial charge in [-0.25, -0.2) is 0 Å². The number of nitrogens with zero attached hydrogens (tertiary/aromatic N) is 3. The molecule has 2 amide bonds. The van der Waals surface area contributed by atoms with E-state index in [4.69, 9.17) is 0 Å². The van der Waals surface area contributed by atoms with Gasteiger partial charge < -0.3 is 14.8 Å². The van der Waals surface area contributed by atoms with Crippen LogP contribution in [0.2, 0.25) is 0 Å². The largest absolute Gasteiger partial charge is 0.360 e. The van der Waals surface area contributed by atoms with Crippen LogP contribution in [0.1, 0.15) is 50.4 Å². The number of ketones is 1. The lowest BCUT2D eigenvalue weighted by atomic mass is 9.95. The highest BCUT2D eigenvalue weighted by atomic mass is 16.2. The molecule has 1 aliphatic heterocycles. The van der Waals surface area contributed by atoms with Gasteiger partial charge in [0.1, 0.15) is 0 Å². The number of carbonyl (C=O) groups excluding carboxylic acids is 3. The van der Waals surface area contributed by atoms with Crippen LogP contribution in [0.25, 0.3) is 10.9 Å². The maximum absolute atomic E-state index is 13.9. The Morgan fingerprint density at radius 1 is 1.00 bits per heavy atom. The van der Waals surface area contributed by atoms with E-state index in [1.54, 1.807) is 25.4 Å². The first kappa shape index (κ1) is 28.1. The number of Topliss-reactive ketones (excluding diaryl/α,β-unsaturated/α-hetero) is 1. The van der Waals surface area contributed by atoms with E-state index in [1.165, 1.54) is 16.0 Å². The van der Waals surface area contributed by atoms with Gasteiger partial charge in [0.15, 0.2) is 0 Å². The van der Waals surface area contributed by atoms with Crippen LogP contribution in [-0.4, -0.2) is 76.5 Å². The van der Waals surface area contributed by atoms with Gasteiger partial charge in [-0.2, -0.15) is 0 Å². The van der Waals surface area contributed by atoms with Crippen molar-refractivity contribution in [1.82, 2.24) is 19.7 Å². The van der Waals surface area contributed by atoms with Crippen molar-refractivity contribution in [1.29, 1.82) is 0 Å². The van der Waals surface area contributed by atoms with E-state index in [2.05, 4.69) is 71.9 Å². The van der Waals surface area contributed by atoms with Crippen molar-refractivity contribution < 1.29 is 14.4 Å². The van der Waals surface area contributed by atoms with Crippen LogP contribution >= 0.6 is 0 Å². The number of benzene rings is 3. The normalized spacial score (nSPS) is 15.7. The molecule has 0 aliphatic carbocycles. The van der Waals surface area contributed by atoms with Crippen molar-refractivity contribution in [2.24, 2.45) is 0 Å². The monoisotopic (exact) mass is 548 g/mol. The number of hydrogen-bond donors (Lipinski definition) is 1. The summed E-state index contributed by atoms with van der Waals surface area (Å²) in [5, 5.41) is 0.573. The van der Waals surface area contributed by atoms with Crippen LogP contribution in [-0.2, 0) is 4.79 Å². The number of fused-ring (bicyclic) bond motifs is 1. The van der Waals surface area contributed by atoms with Crippen LogP contribution < -0.4 is 0 Å². The highest BCUT2D eigenvalue weighted by Gasteiger charge is 2.33. The molecule has 1 aliphatic rings. The Morgan fingerprint density at radius 3 is 2.22 bits per heavy atom. The number of aromatic nitrogens is 1. The van der Waals surface area contributed by atoms with Gasteiger partial charge in [0, 0.05) is 61.9 Å². The van der Waals surface area contributed by atoms with Gasteiger partial charge in [-0.3, -0.25) is 19.3 Å². The fourth-order valence-electron chi connectivity index (χ4n) is 5.82. The zero-order valence-electron chi connectivity index (χ0n) is 23.8. The lowest BCUT2D eigenvalue weighted by Gasteiger charge is -2.43. The molecule has 1 saturated heterocycles. The molecule has 0 radical (unpaired) electrons. The maximum atomic E-state index is 13.9. The number of rotatable bonds is 8. The van der Waals surface area contributed by atoms with E-state index in [9.17, 15) is 14.4 Å². The molecule has 5 rings (SSSR count). The Bertz CT molecular complexity index is 1540. The van der Waals surface area contributed by atoms with Gasteiger partial charge in [0.25, 0.3) is 17.6 Å². The number of amides is 2. The third-order valence-electron chi connectivity index (χ3n) is 7.96. The summed E-state index contributed by atoms with van der Waals surface area (Å²) >= 11 is 0. The molecule has 0 saturated carbocycles. The zero-order chi connectivity index (χ0) is 29.1. The molecule has 7 heteroatoms. The number of carbonyl (C=O) groups is 3. The number of nitrogens with one attached hydrogen (secondary N) is 1. The Labute approximate surface area is 241 Å². The number of likely N-dealkylation sites (N-methyl/N-ethyl adjacent to an activating group) is 1. The van der Waals surface area contributed by atoms with Crippen LogP contribution in [0.5, 0.6) is 0 Å². The van der Waals surface area contributed by atoms with E-state index >= 15 is 0 Å². The summed E-state index contributed by atoms with van der Waals surface area (Å²) in [5.41, 5.74) is 4.80. The summed E-state index contributed by atoms with van der Waals surface area (Å²) in [5.74, 6) is -1.30. The second kappa shape index (κ2) is 11.9. The maximum Gasteiger partial charge on any atom is 0.295 e. The first-order chi connectivity index (χ1) is 19.8. The molecule has 1 aromatic heterocycles. The van der Waals surface area contributed by atoms with E-state index < -0.39 is 11.7 Å². The van der Waals surface area contributed by atoms with E-state index in [0.29, 0.717) is 23.0 Å². The van der Waals surface area contributed by atoms with Crippen LogP contribution in [0, 0.1) is 6.92 Å².